The van der Waals surface area contributed by atoms with Crippen molar-refractivity contribution < 1.29 is 4.52 Å². The molecule has 0 bridgehead atoms. The van der Waals surface area contributed by atoms with Crippen molar-refractivity contribution in [3.63, 3.8) is 0 Å². The molecule has 2 aromatic rings. The summed E-state index contributed by atoms with van der Waals surface area (Å²) in [5.41, 5.74) is 1.77. The van der Waals surface area contributed by atoms with Crippen LogP contribution in [0.3, 0.4) is 0 Å². The number of aromatic nitrogens is 3. The molecule has 4 heteroatoms. The molecule has 0 fully saturated rings. The first-order valence-corrected chi connectivity index (χ1v) is 3.25. The highest BCUT2D eigenvalue weighted by Crippen LogP contribution is 2.13. The van der Waals surface area contributed by atoms with Crippen molar-refractivity contribution in [2.45, 2.75) is 0 Å². The van der Waals surface area contributed by atoms with Gasteiger partial charge in [0.15, 0.2) is 0 Å². The van der Waals surface area contributed by atoms with Gasteiger partial charge in [-0.25, -0.2) is 4.98 Å². The third-order valence-electron chi connectivity index (χ3n) is 1.52. The van der Waals surface area contributed by atoms with Gasteiger partial charge in [0.2, 0.25) is 0 Å². The van der Waals surface area contributed by atoms with E-state index in [1.807, 2.05) is 11.6 Å². The van der Waals surface area contributed by atoms with Crippen LogP contribution in [0, 0.1) is 0 Å². The highest BCUT2D eigenvalue weighted by Gasteiger charge is 2.03. The number of aryl methyl sites for hydroxylation is 1. The van der Waals surface area contributed by atoms with Gasteiger partial charge in [0, 0.05) is 13.1 Å². The molecule has 0 aromatic carbocycles. The molecule has 0 aliphatic rings. The second-order valence-corrected chi connectivity index (χ2v) is 2.27. The van der Waals surface area contributed by atoms with Crippen LogP contribution in [-0.2, 0) is 7.05 Å². The van der Waals surface area contributed by atoms with Gasteiger partial charge in [-0.15, -0.1) is 0 Å². The second-order valence-electron chi connectivity index (χ2n) is 2.27. The summed E-state index contributed by atoms with van der Waals surface area (Å²) < 4.78 is 6.59. The van der Waals surface area contributed by atoms with Crippen LogP contribution < -0.4 is 0 Å². The lowest BCUT2D eigenvalue weighted by atomic mass is 10.3. The van der Waals surface area contributed by atoms with E-state index in [4.69, 9.17) is 4.52 Å². The van der Waals surface area contributed by atoms with Gasteiger partial charge in [0.25, 0.3) is 0 Å². The molecule has 0 radical (unpaired) electrons. The van der Waals surface area contributed by atoms with Crippen LogP contribution in [0.15, 0.2) is 29.4 Å². The third kappa shape index (κ3) is 0.920. The molecule has 0 aliphatic heterocycles. The summed E-state index contributed by atoms with van der Waals surface area (Å²) in [4.78, 5) is 3.96. The van der Waals surface area contributed by atoms with Gasteiger partial charge in [-0.2, -0.15) is 0 Å². The smallest absolute Gasteiger partial charge is 0.131 e. The van der Waals surface area contributed by atoms with Crippen LogP contribution in [0.2, 0.25) is 0 Å². The van der Waals surface area contributed by atoms with E-state index < -0.39 is 0 Å². The number of hydrogen-bond donors (Lipinski definition) is 0. The molecule has 0 atom stereocenters. The molecule has 0 N–H and O–H groups in total. The maximum absolute atomic E-state index is 4.70. The van der Waals surface area contributed by atoms with Crippen molar-refractivity contribution in [1.82, 2.24) is 14.7 Å². The Labute approximate surface area is 63.5 Å². The Kier molecular flexibility index (Phi) is 1.25. The van der Waals surface area contributed by atoms with Gasteiger partial charge in [0.1, 0.15) is 12.0 Å². The molecule has 56 valence electrons. The zero-order chi connectivity index (χ0) is 7.68. The minimum absolute atomic E-state index is 0.810. The van der Waals surface area contributed by atoms with Crippen molar-refractivity contribution in [3.8, 4) is 11.4 Å². The molecule has 11 heavy (non-hydrogen) atoms. The lowest BCUT2D eigenvalue weighted by Crippen LogP contribution is -1.88. The van der Waals surface area contributed by atoms with E-state index in [-0.39, 0.29) is 0 Å². The van der Waals surface area contributed by atoms with E-state index >= 15 is 0 Å². The number of hydrogen-bond acceptors (Lipinski definition) is 3. The summed E-state index contributed by atoms with van der Waals surface area (Å²) in [5, 5.41) is 3.78. The molecule has 0 saturated heterocycles. The van der Waals surface area contributed by atoms with E-state index in [9.17, 15) is 0 Å². The number of rotatable bonds is 1. The van der Waals surface area contributed by atoms with Crippen molar-refractivity contribution in [2.75, 3.05) is 0 Å². The SMILES string of the molecule is Cn1cncc1-c1ccon1. The van der Waals surface area contributed by atoms with Gasteiger partial charge in [-0.3, -0.25) is 0 Å². The summed E-state index contributed by atoms with van der Waals surface area (Å²) in [7, 11) is 1.91. The molecule has 2 aromatic heterocycles. The van der Waals surface area contributed by atoms with Crippen molar-refractivity contribution in [3.05, 3.63) is 24.9 Å². The standard InChI is InChI=1S/C7H7N3O/c1-10-5-8-4-7(10)6-2-3-11-9-6/h2-5H,1H3. The predicted octanol–water partition coefficient (Wildman–Crippen LogP) is 1.08. The molecular weight excluding hydrogens is 142 g/mol. The van der Waals surface area contributed by atoms with Crippen LogP contribution in [0.25, 0.3) is 11.4 Å². The normalized spacial score (nSPS) is 10.3. The van der Waals surface area contributed by atoms with E-state index in [1.165, 1.54) is 0 Å². The fourth-order valence-electron chi connectivity index (χ4n) is 0.949. The molecular formula is C7H7N3O. The van der Waals surface area contributed by atoms with Crippen LogP contribution in [0.4, 0.5) is 0 Å². The molecule has 0 unspecified atom stereocenters. The first-order chi connectivity index (χ1) is 5.38. The Bertz CT molecular complexity index is 336. The van der Waals surface area contributed by atoms with E-state index in [0.29, 0.717) is 0 Å². The zero-order valence-corrected chi connectivity index (χ0v) is 6.06. The molecule has 0 saturated carbocycles. The lowest BCUT2D eigenvalue weighted by Gasteiger charge is -1.93. The van der Waals surface area contributed by atoms with Crippen LogP contribution in [-0.4, -0.2) is 14.7 Å². The molecule has 2 heterocycles. The minimum atomic E-state index is 0.810. The van der Waals surface area contributed by atoms with Crippen molar-refractivity contribution in [2.24, 2.45) is 7.05 Å². The summed E-state index contributed by atoms with van der Waals surface area (Å²) in [6.07, 6.45) is 5.02. The number of imidazole rings is 1. The monoisotopic (exact) mass is 149 g/mol. The Morgan fingerprint density at radius 3 is 3.00 bits per heavy atom. The van der Waals surface area contributed by atoms with Crippen LogP contribution in [0.1, 0.15) is 0 Å². The van der Waals surface area contributed by atoms with Crippen LogP contribution in [0.5, 0.6) is 0 Å². The first kappa shape index (κ1) is 6.15. The number of nitrogens with zero attached hydrogens (tertiary/aromatic N) is 3. The average Bonchev–Trinajstić information content (AvgIpc) is 2.55. The maximum Gasteiger partial charge on any atom is 0.131 e. The van der Waals surface area contributed by atoms with Gasteiger partial charge >= 0.3 is 0 Å². The third-order valence-corrected chi connectivity index (χ3v) is 1.52. The van der Waals surface area contributed by atoms with E-state index in [1.54, 1.807) is 24.9 Å². The van der Waals surface area contributed by atoms with Gasteiger partial charge < -0.3 is 9.09 Å². The first-order valence-electron chi connectivity index (χ1n) is 3.25. The molecule has 2 rings (SSSR count). The Hall–Kier alpha value is -1.58. The van der Waals surface area contributed by atoms with Gasteiger partial charge in [-0.05, 0) is 0 Å². The van der Waals surface area contributed by atoms with Gasteiger partial charge in [0.05, 0.1) is 18.2 Å². The summed E-state index contributed by atoms with van der Waals surface area (Å²) in [6.45, 7) is 0. The topological polar surface area (TPSA) is 43.9 Å². The lowest BCUT2D eigenvalue weighted by molar-refractivity contribution is 0.422. The Balaban J connectivity index is 2.53. The highest BCUT2D eigenvalue weighted by atomic mass is 16.5. The van der Waals surface area contributed by atoms with E-state index in [0.717, 1.165) is 11.4 Å². The van der Waals surface area contributed by atoms with Crippen molar-refractivity contribution >= 4 is 0 Å². The fourth-order valence-corrected chi connectivity index (χ4v) is 0.949. The van der Waals surface area contributed by atoms with Crippen LogP contribution >= 0.6 is 0 Å². The second kappa shape index (κ2) is 2.23. The molecule has 0 spiro atoms. The largest absolute Gasteiger partial charge is 0.364 e. The highest BCUT2D eigenvalue weighted by molar-refractivity contribution is 5.51. The minimum Gasteiger partial charge on any atom is -0.364 e. The molecule has 0 amide bonds. The summed E-state index contributed by atoms with van der Waals surface area (Å²) in [6, 6.07) is 1.80. The quantitative estimate of drug-likeness (QED) is 0.609. The maximum atomic E-state index is 4.70. The Morgan fingerprint density at radius 2 is 2.45 bits per heavy atom. The average molecular weight is 149 g/mol. The van der Waals surface area contributed by atoms with Gasteiger partial charge in [-0.1, -0.05) is 5.16 Å². The molecule has 0 aliphatic carbocycles. The molecule has 4 nitrogen and oxygen atoms in total. The summed E-state index contributed by atoms with van der Waals surface area (Å²) in [5.74, 6) is 0. The fraction of sp³-hybridized carbons (Fsp3) is 0.143. The zero-order valence-electron chi connectivity index (χ0n) is 6.06. The summed E-state index contributed by atoms with van der Waals surface area (Å²) >= 11 is 0. The Morgan fingerprint density at radius 1 is 1.55 bits per heavy atom. The predicted molar refractivity (Wildman–Crippen MR) is 38.7 cm³/mol. The van der Waals surface area contributed by atoms with Crippen molar-refractivity contribution in [1.29, 1.82) is 0 Å². The van der Waals surface area contributed by atoms with E-state index in [2.05, 4.69) is 10.1 Å².